The number of rotatable bonds is 4. The van der Waals surface area contributed by atoms with Crippen LogP contribution >= 0.6 is 0 Å². The summed E-state index contributed by atoms with van der Waals surface area (Å²) in [5, 5.41) is 16.9. The highest BCUT2D eigenvalue weighted by Gasteiger charge is 2.37. The van der Waals surface area contributed by atoms with E-state index in [0.717, 1.165) is 5.56 Å². The third-order valence-electron chi connectivity index (χ3n) is 5.37. The van der Waals surface area contributed by atoms with Crippen LogP contribution in [0.25, 0.3) is 5.65 Å². The van der Waals surface area contributed by atoms with Crippen LogP contribution in [0.5, 0.6) is 5.88 Å². The van der Waals surface area contributed by atoms with Gasteiger partial charge >= 0.3 is 0 Å². The largest absolute Gasteiger partial charge is 0.468 e. The van der Waals surface area contributed by atoms with Crippen LogP contribution in [0.4, 0.5) is 11.5 Å². The van der Waals surface area contributed by atoms with Crippen LogP contribution in [0.3, 0.4) is 0 Å². The molecule has 1 saturated heterocycles. The average molecular weight is 410 g/mol. The Kier molecular flexibility index (Phi) is 4.52. The lowest BCUT2D eigenvalue weighted by atomic mass is 10.0. The molecule has 10 nitrogen and oxygen atoms in total. The number of nitrogens with zero attached hydrogens (tertiary/aromatic N) is 5. The predicted octanol–water partition coefficient (Wildman–Crippen LogP) is 0.899. The van der Waals surface area contributed by atoms with Gasteiger partial charge in [-0.25, -0.2) is 9.50 Å². The lowest BCUT2D eigenvalue weighted by Crippen LogP contribution is -2.37. The van der Waals surface area contributed by atoms with Gasteiger partial charge in [-0.05, 0) is 19.1 Å². The van der Waals surface area contributed by atoms with Crippen molar-refractivity contribution in [1.82, 2.24) is 19.6 Å². The Hall–Kier alpha value is -3.24. The van der Waals surface area contributed by atoms with Crippen LogP contribution in [0.1, 0.15) is 22.8 Å². The number of pyridine rings is 1. The highest BCUT2D eigenvalue weighted by atomic mass is 16.5. The van der Waals surface area contributed by atoms with Crippen molar-refractivity contribution >= 4 is 23.1 Å². The Morgan fingerprint density at radius 3 is 3.00 bits per heavy atom. The van der Waals surface area contributed by atoms with Gasteiger partial charge in [-0.2, -0.15) is 10.1 Å². The van der Waals surface area contributed by atoms with Crippen LogP contribution in [-0.4, -0.2) is 69.1 Å². The van der Waals surface area contributed by atoms with E-state index in [-0.39, 0.29) is 12.5 Å². The lowest BCUT2D eigenvalue weighted by Gasteiger charge is -2.29. The van der Waals surface area contributed by atoms with Gasteiger partial charge in [0.25, 0.3) is 5.91 Å². The minimum absolute atomic E-state index is 0.119. The smallest absolute Gasteiger partial charge is 0.261 e. The second-order valence-corrected chi connectivity index (χ2v) is 7.71. The van der Waals surface area contributed by atoms with E-state index >= 15 is 0 Å². The normalized spacial score (nSPS) is 20.8. The van der Waals surface area contributed by atoms with Gasteiger partial charge in [-0.3, -0.25) is 4.79 Å². The number of aliphatic hydroxyl groups is 1. The van der Waals surface area contributed by atoms with Crippen LogP contribution in [0, 0.1) is 0 Å². The first kappa shape index (κ1) is 18.8. The minimum atomic E-state index is -0.716. The van der Waals surface area contributed by atoms with Gasteiger partial charge in [-0.15, -0.1) is 0 Å². The molecule has 0 bridgehead atoms. The molecule has 5 heterocycles. The van der Waals surface area contributed by atoms with Crippen molar-refractivity contribution in [1.29, 1.82) is 0 Å². The number of aliphatic hydroxyl groups excluding tert-OH is 1. The summed E-state index contributed by atoms with van der Waals surface area (Å²) in [5.41, 5.74) is 1.57. The van der Waals surface area contributed by atoms with Gasteiger partial charge in [0.1, 0.15) is 11.2 Å². The number of carbonyl (C=O) groups is 1. The summed E-state index contributed by atoms with van der Waals surface area (Å²) in [6.45, 7) is 4.20. The van der Waals surface area contributed by atoms with Gasteiger partial charge in [0, 0.05) is 37.5 Å². The van der Waals surface area contributed by atoms with Crippen LogP contribution in [0.2, 0.25) is 0 Å². The highest BCUT2D eigenvalue weighted by Crippen LogP contribution is 2.39. The van der Waals surface area contributed by atoms with Crippen LogP contribution < -0.4 is 15.0 Å². The van der Waals surface area contributed by atoms with Crippen molar-refractivity contribution in [2.45, 2.75) is 18.9 Å². The van der Waals surface area contributed by atoms with E-state index in [9.17, 15) is 9.90 Å². The molecule has 0 radical (unpaired) electrons. The number of carbonyl (C=O) groups excluding carboxylic acids is 1. The Labute approximate surface area is 172 Å². The number of hydrogen-bond donors (Lipinski definition) is 2. The number of amides is 1. The minimum Gasteiger partial charge on any atom is -0.468 e. The quantitative estimate of drug-likeness (QED) is 0.652. The summed E-state index contributed by atoms with van der Waals surface area (Å²) >= 11 is 0. The second kappa shape index (κ2) is 7.22. The van der Waals surface area contributed by atoms with Gasteiger partial charge < -0.3 is 24.8 Å². The molecule has 1 amide bonds. The van der Waals surface area contributed by atoms with Crippen molar-refractivity contribution in [2.24, 2.45) is 0 Å². The van der Waals surface area contributed by atoms with Gasteiger partial charge in [-0.1, -0.05) is 0 Å². The number of ether oxygens (including phenoxy) is 2. The highest BCUT2D eigenvalue weighted by molar-refractivity contribution is 6.09. The fourth-order valence-electron chi connectivity index (χ4n) is 3.79. The molecule has 5 rings (SSSR count). The average Bonchev–Trinajstić information content (AvgIpc) is 3.34. The maximum atomic E-state index is 13.1. The van der Waals surface area contributed by atoms with E-state index in [1.54, 1.807) is 23.0 Å². The number of morpholine rings is 1. The van der Waals surface area contributed by atoms with Gasteiger partial charge in [0.2, 0.25) is 5.88 Å². The van der Waals surface area contributed by atoms with Crippen molar-refractivity contribution in [3.05, 3.63) is 41.9 Å². The Morgan fingerprint density at radius 1 is 1.37 bits per heavy atom. The Morgan fingerprint density at radius 2 is 2.20 bits per heavy atom. The van der Waals surface area contributed by atoms with Crippen molar-refractivity contribution in [2.75, 3.05) is 43.1 Å². The van der Waals surface area contributed by atoms with Crippen molar-refractivity contribution in [3.63, 3.8) is 0 Å². The molecule has 156 valence electrons. The van der Waals surface area contributed by atoms with Crippen LogP contribution in [-0.2, 0) is 11.2 Å². The molecular formula is C20H22N6O4. The molecule has 30 heavy (non-hydrogen) atoms. The van der Waals surface area contributed by atoms with Crippen molar-refractivity contribution in [3.8, 4) is 5.88 Å². The standard InChI is InChI=1S/C20H22N6O4/c1-20(12-27)10-13-9-15(17(24-19(13)30-20)25-5-7-29-8-6-25)23-18(28)14-11-22-26-4-2-3-21-16(14)26/h2-4,9,11,27H,5-8,10,12H2,1H3,(H,23,28)/t20-/m1/s1. The first-order valence-corrected chi connectivity index (χ1v) is 9.82. The molecule has 2 aliphatic heterocycles. The molecule has 0 spiro atoms. The van der Waals surface area contributed by atoms with E-state index < -0.39 is 5.60 Å². The fraction of sp³-hybridized carbons (Fsp3) is 0.400. The third kappa shape index (κ3) is 3.23. The molecule has 3 aromatic heterocycles. The molecule has 0 aromatic carbocycles. The van der Waals surface area contributed by atoms with E-state index in [1.807, 2.05) is 13.0 Å². The summed E-state index contributed by atoms with van der Waals surface area (Å²) in [4.78, 5) is 24.1. The molecule has 1 atom stereocenters. The molecule has 10 heteroatoms. The second-order valence-electron chi connectivity index (χ2n) is 7.71. The monoisotopic (exact) mass is 410 g/mol. The van der Waals surface area contributed by atoms with Gasteiger partial charge in [0.05, 0.1) is 31.7 Å². The molecule has 3 aromatic rings. The maximum Gasteiger partial charge on any atom is 0.261 e. The first-order chi connectivity index (χ1) is 14.6. The van der Waals surface area contributed by atoms with E-state index in [1.165, 1.54) is 6.20 Å². The number of hydrogen-bond acceptors (Lipinski definition) is 8. The number of aromatic nitrogens is 4. The van der Waals surface area contributed by atoms with Crippen molar-refractivity contribution < 1.29 is 19.4 Å². The first-order valence-electron chi connectivity index (χ1n) is 9.82. The molecule has 1 fully saturated rings. The summed E-state index contributed by atoms with van der Waals surface area (Å²) in [6, 6.07) is 3.63. The molecule has 0 saturated carbocycles. The number of fused-ring (bicyclic) bond motifs is 2. The summed E-state index contributed by atoms with van der Waals surface area (Å²) < 4.78 is 12.9. The summed E-state index contributed by atoms with van der Waals surface area (Å²) in [6.07, 6.45) is 5.37. The maximum absolute atomic E-state index is 13.1. The van der Waals surface area contributed by atoms with E-state index in [0.29, 0.717) is 61.3 Å². The zero-order chi connectivity index (χ0) is 20.7. The molecule has 2 aliphatic rings. The predicted molar refractivity (Wildman–Crippen MR) is 108 cm³/mol. The SMILES string of the molecule is C[C@]1(CO)Cc2cc(NC(=O)c3cnn4cccnc34)c(N3CCOCC3)nc2O1. The van der Waals surface area contributed by atoms with E-state index in [2.05, 4.69) is 20.3 Å². The molecule has 0 unspecified atom stereocenters. The third-order valence-corrected chi connectivity index (χ3v) is 5.37. The number of anilines is 2. The molecule has 0 aliphatic carbocycles. The topological polar surface area (TPSA) is 114 Å². The summed E-state index contributed by atoms with van der Waals surface area (Å²) in [5.74, 6) is 0.796. The summed E-state index contributed by atoms with van der Waals surface area (Å²) in [7, 11) is 0. The zero-order valence-electron chi connectivity index (χ0n) is 16.5. The van der Waals surface area contributed by atoms with Gasteiger partial charge in [0.15, 0.2) is 11.5 Å². The Balaban J connectivity index is 1.51. The zero-order valence-corrected chi connectivity index (χ0v) is 16.5. The molecular weight excluding hydrogens is 388 g/mol. The lowest BCUT2D eigenvalue weighted by molar-refractivity contribution is 0.0416. The van der Waals surface area contributed by atoms with Crippen LogP contribution in [0.15, 0.2) is 30.7 Å². The Bertz CT molecular complexity index is 1110. The fourth-order valence-corrected chi connectivity index (χ4v) is 3.79. The number of nitrogens with one attached hydrogen (secondary N) is 1. The molecule has 2 N–H and O–H groups in total. The van der Waals surface area contributed by atoms with E-state index in [4.69, 9.17) is 14.5 Å².